The van der Waals surface area contributed by atoms with E-state index < -0.39 is 12.2 Å². The summed E-state index contributed by atoms with van der Waals surface area (Å²) in [6.07, 6.45) is 4.00. The van der Waals surface area contributed by atoms with Gasteiger partial charge in [0, 0.05) is 58.1 Å². The third-order valence-electron chi connectivity index (χ3n) is 7.31. The highest BCUT2D eigenvalue weighted by Gasteiger charge is 2.41. The molecule has 1 amide bonds. The molecule has 1 aromatic heterocycles. The number of pyridine rings is 1. The monoisotopic (exact) mass is 507 g/mol. The summed E-state index contributed by atoms with van der Waals surface area (Å²) >= 11 is 0. The van der Waals surface area contributed by atoms with Gasteiger partial charge in [-0.25, -0.2) is 10.8 Å². The molecule has 0 unspecified atom stereocenters. The van der Waals surface area contributed by atoms with Crippen molar-refractivity contribution in [1.29, 1.82) is 0 Å². The SMILES string of the molecule is C[C@H](N1CCC(N2CCCN(c3cccc(C(=O)N(N)CC4=CNCC=C4)n3)CC2)CC1)C(F)(F)F. The summed E-state index contributed by atoms with van der Waals surface area (Å²) in [6.45, 7) is 6.51. The van der Waals surface area contributed by atoms with Crippen LogP contribution in [-0.4, -0.2) is 96.3 Å². The molecule has 3 N–H and O–H groups in total. The second-order valence-corrected chi connectivity index (χ2v) is 9.71. The zero-order chi connectivity index (χ0) is 25.7. The van der Waals surface area contributed by atoms with Gasteiger partial charge in [-0.15, -0.1) is 0 Å². The predicted molar refractivity (Wildman–Crippen MR) is 133 cm³/mol. The van der Waals surface area contributed by atoms with Crippen molar-refractivity contribution in [3.63, 3.8) is 0 Å². The van der Waals surface area contributed by atoms with Crippen LogP contribution in [0.4, 0.5) is 19.0 Å². The molecule has 4 rings (SSSR count). The molecule has 0 bridgehead atoms. The number of amides is 1. The molecule has 0 spiro atoms. The van der Waals surface area contributed by atoms with Crippen LogP contribution in [0.1, 0.15) is 36.7 Å². The number of rotatable bonds is 6. The maximum Gasteiger partial charge on any atom is 0.403 e. The number of halogens is 3. The second kappa shape index (κ2) is 11.6. The summed E-state index contributed by atoms with van der Waals surface area (Å²) in [7, 11) is 0. The van der Waals surface area contributed by atoms with Crippen LogP contribution in [0.2, 0.25) is 0 Å². The Balaban J connectivity index is 1.31. The van der Waals surface area contributed by atoms with Crippen molar-refractivity contribution in [3.8, 4) is 0 Å². The lowest BCUT2D eigenvalue weighted by atomic mass is 10.0. The molecule has 198 valence electrons. The summed E-state index contributed by atoms with van der Waals surface area (Å²) in [5.74, 6) is 6.44. The van der Waals surface area contributed by atoms with E-state index in [2.05, 4.69) is 20.1 Å². The highest BCUT2D eigenvalue weighted by molar-refractivity contribution is 5.92. The third-order valence-corrected chi connectivity index (χ3v) is 7.31. The van der Waals surface area contributed by atoms with Crippen molar-refractivity contribution in [2.75, 3.05) is 57.3 Å². The number of carbonyl (C=O) groups excluding carboxylic acids is 1. The molecule has 36 heavy (non-hydrogen) atoms. The Morgan fingerprint density at radius 1 is 1.19 bits per heavy atom. The van der Waals surface area contributed by atoms with Gasteiger partial charge in [-0.2, -0.15) is 13.2 Å². The maximum absolute atomic E-state index is 13.1. The molecule has 2 fully saturated rings. The molecule has 3 aliphatic heterocycles. The van der Waals surface area contributed by atoms with Crippen molar-refractivity contribution < 1.29 is 18.0 Å². The largest absolute Gasteiger partial charge is 0.403 e. The minimum absolute atomic E-state index is 0.285. The summed E-state index contributed by atoms with van der Waals surface area (Å²) in [5, 5.41) is 4.27. The number of nitrogens with zero attached hydrogens (tertiary/aromatic N) is 5. The molecule has 1 atom stereocenters. The van der Waals surface area contributed by atoms with E-state index in [1.165, 1.54) is 11.9 Å². The molecule has 8 nitrogen and oxygen atoms in total. The van der Waals surface area contributed by atoms with E-state index in [1.807, 2.05) is 30.5 Å². The van der Waals surface area contributed by atoms with Gasteiger partial charge in [0.25, 0.3) is 5.91 Å². The topological polar surface area (TPSA) is 81.0 Å². The van der Waals surface area contributed by atoms with Crippen molar-refractivity contribution in [3.05, 3.63) is 47.8 Å². The van der Waals surface area contributed by atoms with Crippen molar-refractivity contribution in [2.24, 2.45) is 5.84 Å². The lowest BCUT2D eigenvalue weighted by Crippen LogP contribution is -2.51. The van der Waals surface area contributed by atoms with E-state index in [4.69, 9.17) is 5.84 Å². The summed E-state index contributed by atoms with van der Waals surface area (Å²) < 4.78 is 39.2. The Hall–Kier alpha value is -2.63. The van der Waals surface area contributed by atoms with E-state index in [-0.39, 0.29) is 12.5 Å². The van der Waals surface area contributed by atoms with E-state index in [1.54, 1.807) is 11.0 Å². The van der Waals surface area contributed by atoms with Crippen LogP contribution in [0.25, 0.3) is 0 Å². The molecule has 4 heterocycles. The number of hydrogen-bond donors (Lipinski definition) is 2. The number of hydrogen-bond acceptors (Lipinski definition) is 7. The quantitative estimate of drug-likeness (QED) is 0.348. The lowest BCUT2D eigenvalue weighted by molar-refractivity contribution is -0.182. The normalized spacial score (nSPS) is 21.5. The average Bonchev–Trinajstić information content (AvgIpc) is 3.14. The van der Waals surface area contributed by atoms with Crippen LogP contribution in [0.15, 0.2) is 42.1 Å². The van der Waals surface area contributed by atoms with Crippen LogP contribution in [-0.2, 0) is 0 Å². The van der Waals surface area contributed by atoms with Crippen molar-refractivity contribution >= 4 is 11.7 Å². The number of likely N-dealkylation sites (tertiary alicyclic amines) is 1. The zero-order valence-corrected chi connectivity index (χ0v) is 20.8. The molecular formula is C25H36F3N7O. The molecule has 0 saturated carbocycles. The lowest BCUT2D eigenvalue weighted by Gasteiger charge is -2.40. The molecule has 0 aliphatic carbocycles. The van der Waals surface area contributed by atoms with Crippen LogP contribution < -0.4 is 16.1 Å². The minimum Gasteiger partial charge on any atom is -0.387 e. The fraction of sp³-hybridized carbons (Fsp3) is 0.600. The Morgan fingerprint density at radius 3 is 2.67 bits per heavy atom. The predicted octanol–water partition coefficient (Wildman–Crippen LogP) is 2.37. The van der Waals surface area contributed by atoms with Gasteiger partial charge < -0.3 is 10.2 Å². The number of aromatic nitrogens is 1. The molecular weight excluding hydrogens is 471 g/mol. The standard InChI is InChI=1S/C25H36F3N7O/c1-19(25(26,27)28)32-13-8-21(9-14-32)33-11-4-12-34(16-15-33)23-7-2-6-22(31-23)24(36)35(29)18-20-5-3-10-30-17-20/h2-3,5-7,17,19,21,30H,4,8-16,18,29H2,1H3/t19-/m0/s1. The molecule has 1 aromatic rings. The zero-order valence-electron chi connectivity index (χ0n) is 20.8. The minimum atomic E-state index is -4.18. The number of alkyl halides is 3. The first-order valence-corrected chi connectivity index (χ1v) is 12.6. The fourth-order valence-electron chi connectivity index (χ4n) is 5.13. The second-order valence-electron chi connectivity index (χ2n) is 9.71. The van der Waals surface area contributed by atoms with Gasteiger partial charge in [0.15, 0.2) is 0 Å². The van der Waals surface area contributed by atoms with Gasteiger partial charge in [0.1, 0.15) is 17.6 Å². The number of anilines is 1. The number of nitrogens with two attached hydrogens (primary N) is 1. The highest BCUT2D eigenvalue weighted by atomic mass is 19.4. The summed E-state index contributed by atoms with van der Waals surface area (Å²) in [4.78, 5) is 23.6. The van der Waals surface area contributed by atoms with Crippen molar-refractivity contribution in [1.82, 2.24) is 25.1 Å². The molecule has 3 aliphatic rings. The van der Waals surface area contributed by atoms with Crippen LogP contribution >= 0.6 is 0 Å². The number of carbonyl (C=O) groups is 1. The first-order chi connectivity index (χ1) is 17.2. The highest BCUT2D eigenvalue weighted by Crippen LogP contribution is 2.28. The summed E-state index contributed by atoms with van der Waals surface area (Å²) in [6, 6.07) is 4.31. The maximum atomic E-state index is 13.1. The Bertz CT molecular complexity index is 959. The average molecular weight is 508 g/mol. The first kappa shape index (κ1) is 26.4. The Morgan fingerprint density at radius 2 is 1.97 bits per heavy atom. The van der Waals surface area contributed by atoms with Crippen LogP contribution in [0.5, 0.6) is 0 Å². The number of nitrogens with one attached hydrogen (secondary N) is 1. The summed E-state index contributed by atoms with van der Waals surface area (Å²) in [5.41, 5.74) is 1.22. The van der Waals surface area contributed by atoms with Gasteiger partial charge in [-0.3, -0.25) is 19.6 Å². The number of dihydropyridines is 1. The number of piperidine rings is 1. The Labute approximate surface area is 210 Å². The van der Waals surface area contributed by atoms with E-state index in [0.717, 1.165) is 63.4 Å². The Kier molecular flexibility index (Phi) is 8.53. The first-order valence-electron chi connectivity index (χ1n) is 12.6. The van der Waals surface area contributed by atoms with Gasteiger partial charge in [-0.05, 0) is 43.9 Å². The van der Waals surface area contributed by atoms with Crippen LogP contribution in [0, 0.1) is 0 Å². The molecule has 0 radical (unpaired) electrons. The third kappa shape index (κ3) is 6.57. The fourth-order valence-corrected chi connectivity index (χ4v) is 5.13. The number of hydrazine groups is 1. The smallest absolute Gasteiger partial charge is 0.387 e. The molecule has 0 aromatic carbocycles. The van der Waals surface area contributed by atoms with Gasteiger partial charge >= 0.3 is 6.18 Å². The van der Waals surface area contributed by atoms with E-state index in [0.29, 0.717) is 24.8 Å². The van der Waals surface area contributed by atoms with Gasteiger partial charge in [0.2, 0.25) is 0 Å². The van der Waals surface area contributed by atoms with E-state index in [9.17, 15) is 18.0 Å². The molecule has 2 saturated heterocycles. The van der Waals surface area contributed by atoms with Crippen LogP contribution in [0.3, 0.4) is 0 Å². The van der Waals surface area contributed by atoms with Gasteiger partial charge in [-0.1, -0.05) is 18.2 Å². The molecule has 11 heteroatoms. The van der Waals surface area contributed by atoms with Crippen molar-refractivity contribution in [2.45, 2.75) is 44.4 Å². The van der Waals surface area contributed by atoms with Gasteiger partial charge in [0.05, 0.1) is 6.54 Å². The van der Waals surface area contributed by atoms with E-state index >= 15 is 0 Å².